The summed E-state index contributed by atoms with van der Waals surface area (Å²) >= 11 is 0. The summed E-state index contributed by atoms with van der Waals surface area (Å²) in [7, 11) is 1.56. The number of allylic oxidation sites excluding steroid dienone is 4. The molecule has 1 aromatic heterocycles. The first kappa shape index (κ1) is 38.2. The van der Waals surface area contributed by atoms with Gasteiger partial charge in [-0.3, -0.25) is 14.5 Å². The molecule has 3 heterocycles. The summed E-state index contributed by atoms with van der Waals surface area (Å²) in [5.41, 5.74) is 3.63. The lowest BCUT2D eigenvalue weighted by molar-refractivity contribution is -0.142. The van der Waals surface area contributed by atoms with Crippen molar-refractivity contribution in [1.29, 1.82) is 0 Å². The highest BCUT2D eigenvalue weighted by atomic mass is 16.5. The van der Waals surface area contributed by atoms with E-state index in [1.54, 1.807) is 19.2 Å². The minimum atomic E-state index is -0.758. The average Bonchev–Trinajstić information content (AvgIpc) is 3.79. The van der Waals surface area contributed by atoms with Crippen molar-refractivity contribution < 1.29 is 33.6 Å². The number of phenolic OH excluding ortho intramolecular Hbond substituents is 1. The molecule has 1 unspecified atom stereocenters. The van der Waals surface area contributed by atoms with Gasteiger partial charge in [0.15, 0.2) is 11.5 Å². The van der Waals surface area contributed by atoms with Crippen LogP contribution in [0.3, 0.4) is 0 Å². The Balaban J connectivity index is 1.47. The fourth-order valence-corrected chi connectivity index (χ4v) is 7.27. The number of carboxylic acids is 1. The van der Waals surface area contributed by atoms with Gasteiger partial charge in [0, 0.05) is 23.3 Å². The third-order valence-electron chi connectivity index (χ3n) is 10.0. The quantitative estimate of drug-likeness (QED) is 0.0776. The van der Waals surface area contributed by atoms with Gasteiger partial charge in [-0.1, -0.05) is 23.3 Å². The molecule has 0 radical (unpaired) electrons. The molecule has 3 aromatic rings. The first-order chi connectivity index (χ1) is 24.6. The molecule has 2 N–H and O–H groups in total. The number of rotatable bonds is 18. The van der Waals surface area contributed by atoms with Gasteiger partial charge in [0.2, 0.25) is 5.43 Å². The number of hydrogen-bond acceptors (Lipinski definition) is 9. The van der Waals surface area contributed by atoms with Gasteiger partial charge in [-0.2, -0.15) is 0 Å². The van der Waals surface area contributed by atoms with Crippen molar-refractivity contribution in [3.05, 3.63) is 56.8 Å². The van der Waals surface area contributed by atoms with E-state index in [-0.39, 0.29) is 22.1 Å². The van der Waals surface area contributed by atoms with Crippen LogP contribution in [-0.2, 0) is 17.6 Å². The second kappa shape index (κ2) is 18.0. The number of nitrogens with zero attached hydrogens (tertiary/aromatic N) is 2. The van der Waals surface area contributed by atoms with Crippen LogP contribution in [0.4, 0.5) is 0 Å². The lowest BCUT2D eigenvalue weighted by Crippen LogP contribution is -2.36. The van der Waals surface area contributed by atoms with E-state index in [0.29, 0.717) is 78.4 Å². The fourth-order valence-electron chi connectivity index (χ4n) is 7.27. The van der Waals surface area contributed by atoms with E-state index >= 15 is 0 Å². The summed E-state index contributed by atoms with van der Waals surface area (Å²) in [6, 6.07) is 3.04. The molecule has 51 heavy (non-hydrogen) atoms. The molecule has 2 fully saturated rings. The number of aromatic hydroxyl groups is 1. The smallest absolute Gasteiger partial charge is 0.320 e. The zero-order valence-corrected chi connectivity index (χ0v) is 31.1. The van der Waals surface area contributed by atoms with Crippen LogP contribution in [0.5, 0.6) is 23.0 Å². The Morgan fingerprint density at radius 2 is 1.45 bits per heavy atom. The Bertz CT molecular complexity index is 1800. The number of methoxy groups -OCH3 is 1. The molecule has 2 aromatic carbocycles. The number of benzene rings is 2. The maximum atomic E-state index is 14.4. The van der Waals surface area contributed by atoms with Crippen molar-refractivity contribution >= 4 is 27.9 Å². The summed E-state index contributed by atoms with van der Waals surface area (Å²) < 4.78 is 24.9. The van der Waals surface area contributed by atoms with Crippen LogP contribution < -0.4 is 19.6 Å². The van der Waals surface area contributed by atoms with E-state index in [1.165, 1.54) is 25.9 Å². The molecule has 2 saturated heterocycles. The van der Waals surface area contributed by atoms with Gasteiger partial charge < -0.3 is 33.7 Å². The number of likely N-dealkylation sites (tertiary alicyclic amines) is 2. The van der Waals surface area contributed by atoms with Crippen molar-refractivity contribution in [3.8, 4) is 23.0 Å². The molecule has 0 saturated carbocycles. The molecule has 0 amide bonds. The standard InChI is InChI=1S/C41H56N2O8/c1-27(2)14-16-29-32(49-23-10-8-20-42-18-6-7-19-42)25-34-37(38(29)44)39(45)36-30(17-15-28(3)4)40(48-5)35(26-33(36)51-34)50-24-11-9-21-43-22-12-13-31(43)41(46)47/h14-15,25-26,31,44H,6-13,16-24H2,1-5H3,(H,46,47). The van der Waals surface area contributed by atoms with Crippen molar-refractivity contribution in [1.82, 2.24) is 9.80 Å². The van der Waals surface area contributed by atoms with Crippen LogP contribution in [0.15, 0.2) is 44.6 Å². The zero-order valence-electron chi connectivity index (χ0n) is 31.1. The maximum absolute atomic E-state index is 14.4. The molecule has 5 rings (SSSR count). The predicted molar refractivity (Wildman–Crippen MR) is 202 cm³/mol. The normalized spacial score (nSPS) is 16.5. The summed E-state index contributed by atoms with van der Waals surface area (Å²) in [6.07, 6.45) is 12.4. The molecule has 2 aliphatic heterocycles. The van der Waals surface area contributed by atoms with Crippen molar-refractivity contribution in [3.63, 3.8) is 0 Å². The highest BCUT2D eigenvalue weighted by Gasteiger charge is 2.30. The van der Waals surface area contributed by atoms with E-state index in [0.717, 1.165) is 56.3 Å². The van der Waals surface area contributed by atoms with E-state index in [2.05, 4.69) is 4.90 Å². The summed E-state index contributed by atoms with van der Waals surface area (Å²) in [5.74, 6) is 0.553. The van der Waals surface area contributed by atoms with Gasteiger partial charge in [0.05, 0.1) is 25.7 Å². The number of unbranched alkanes of at least 4 members (excludes halogenated alkanes) is 2. The third-order valence-corrected chi connectivity index (χ3v) is 10.0. The van der Waals surface area contributed by atoms with Crippen LogP contribution >= 0.6 is 0 Å². The van der Waals surface area contributed by atoms with E-state index in [1.807, 2.05) is 44.7 Å². The van der Waals surface area contributed by atoms with Crippen LogP contribution in [-0.4, -0.2) is 85.1 Å². The number of carbonyl (C=O) groups is 1. The first-order valence-electron chi connectivity index (χ1n) is 18.7. The molecule has 1 atom stereocenters. The van der Waals surface area contributed by atoms with Gasteiger partial charge in [-0.15, -0.1) is 0 Å². The second-order valence-electron chi connectivity index (χ2n) is 14.4. The maximum Gasteiger partial charge on any atom is 0.320 e. The zero-order chi connectivity index (χ0) is 36.5. The molecule has 0 spiro atoms. The van der Waals surface area contributed by atoms with Gasteiger partial charge in [0.25, 0.3) is 0 Å². The topological polar surface area (TPSA) is 122 Å². The van der Waals surface area contributed by atoms with Crippen LogP contribution in [0, 0.1) is 0 Å². The fraction of sp³-hybridized carbons (Fsp3) is 0.561. The third kappa shape index (κ3) is 9.46. The predicted octanol–water partition coefficient (Wildman–Crippen LogP) is 7.64. The lowest BCUT2D eigenvalue weighted by atomic mass is 9.98. The number of carboxylic acid groups (broad SMARTS) is 1. The summed E-state index contributed by atoms with van der Waals surface area (Å²) in [6.45, 7) is 13.8. The first-order valence-corrected chi connectivity index (χ1v) is 18.7. The molecule has 0 bridgehead atoms. The minimum absolute atomic E-state index is 0.122. The number of fused-ring (bicyclic) bond motifs is 2. The Kier molecular flexibility index (Phi) is 13.5. The van der Waals surface area contributed by atoms with Gasteiger partial charge in [-0.05, 0) is 125 Å². The number of aliphatic carboxylic acids is 1. The summed E-state index contributed by atoms with van der Waals surface area (Å²) in [4.78, 5) is 30.5. The molecule has 10 nitrogen and oxygen atoms in total. The van der Waals surface area contributed by atoms with E-state index < -0.39 is 12.0 Å². The monoisotopic (exact) mass is 704 g/mol. The number of ether oxygens (including phenoxy) is 3. The molecular weight excluding hydrogens is 648 g/mol. The SMILES string of the molecule is COc1c(OCCCCN2CCCC2C(=O)O)cc2oc3cc(OCCCCN4CCCC4)c(CC=C(C)C)c(O)c3c(=O)c2c1CC=C(C)C. The van der Waals surface area contributed by atoms with Crippen molar-refractivity contribution in [2.75, 3.05) is 53.0 Å². The molecule has 10 heteroatoms. The van der Waals surface area contributed by atoms with Gasteiger partial charge in [-0.25, -0.2) is 0 Å². The molecule has 2 aliphatic rings. The molecule has 0 aliphatic carbocycles. The largest absolute Gasteiger partial charge is 0.507 e. The Morgan fingerprint density at radius 1 is 0.843 bits per heavy atom. The Morgan fingerprint density at radius 3 is 2.10 bits per heavy atom. The molecular formula is C41H56N2O8. The van der Waals surface area contributed by atoms with Crippen LogP contribution in [0.1, 0.15) is 90.2 Å². The highest BCUT2D eigenvalue weighted by Crippen LogP contribution is 2.42. The van der Waals surface area contributed by atoms with Gasteiger partial charge in [0.1, 0.15) is 34.1 Å². The van der Waals surface area contributed by atoms with Crippen molar-refractivity contribution in [2.45, 2.75) is 97.9 Å². The minimum Gasteiger partial charge on any atom is -0.507 e. The van der Waals surface area contributed by atoms with Crippen molar-refractivity contribution in [2.24, 2.45) is 0 Å². The van der Waals surface area contributed by atoms with E-state index in [9.17, 15) is 19.8 Å². The lowest BCUT2D eigenvalue weighted by Gasteiger charge is -2.21. The highest BCUT2D eigenvalue weighted by molar-refractivity contribution is 5.98. The Labute approximate surface area is 301 Å². The molecule has 278 valence electrons. The second-order valence-corrected chi connectivity index (χ2v) is 14.4. The summed E-state index contributed by atoms with van der Waals surface area (Å²) in [5, 5.41) is 21.7. The van der Waals surface area contributed by atoms with Gasteiger partial charge >= 0.3 is 5.97 Å². The Hall–Kier alpha value is -4.02. The average molecular weight is 705 g/mol. The van der Waals surface area contributed by atoms with Crippen LogP contribution in [0.25, 0.3) is 21.9 Å². The number of phenols is 1. The van der Waals surface area contributed by atoms with Crippen LogP contribution in [0.2, 0.25) is 0 Å². The van der Waals surface area contributed by atoms with E-state index in [4.69, 9.17) is 18.6 Å². The number of hydrogen-bond donors (Lipinski definition) is 2.